The Balaban J connectivity index is 1.95. The molecular formula is C19H31N3O3. The minimum atomic E-state index is -0.480. The Bertz CT molecular complexity index is 584. The molecule has 1 saturated heterocycles. The molecule has 1 amide bonds. The zero-order chi connectivity index (χ0) is 18.4. The molecule has 6 nitrogen and oxygen atoms in total. The van der Waals surface area contributed by atoms with Gasteiger partial charge in [-0.25, -0.2) is 4.79 Å². The van der Waals surface area contributed by atoms with Crippen LogP contribution in [0.2, 0.25) is 0 Å². The van der Waals surface area contributed by atoms with Gasteiger partial charge >= 0.3 is 6.09 Å². The van der Waals surface area contributed by atoms with E-state index in [1.807, 2.05) is 45.9 Å². The molecule has 0 aliphatic carbocycles. The first-order valence-electron chi connectivity index (χ1n) is 9.00. The van der Waals surface area contributed by atoms with Gasteiger partial charge in [0.25, 0.3) is 0 Å². The highest BCUT2D eigenvalue weighted by atomic mass is 16.6. The lowest BCUT2D eigenvalue weighted by atomic mass is 10.0. The van der Waals surface area contributed by atoms with E-state index < -0.39 is 5.60 Å². The minimum absolute atomic E-state index is 0.0974. The van der Waals surface area contributed by atoms with E-state index in [0.29, 0.717) is 6.61 Å². The van der Waals surface area contributed by atoms with Gasteiger partial charge in [-0.2, -0.15) is 0 Å². The van der Waals surface area contributed by atoms with Gasteiger partial charge in [-0.05, 0) is 65.3 Å². The highest BCUT2D eigenvalue weighted by Crippen LogP contribution is 2.24. The van der Waals surface area contributed by atoms with Crippen molar-refractivity contribution in [3.8, 4) is 5.75 Å². The lowest BCUT2D eigenvalue weighted by molar-refractivity contribution is 0.0470. The number of hydrogen-bond donors (Lipinski definition) is 2. The highest BCUT2D eigenvalue weighted by Gasteiger charge is 2.24. The van der Waals surface area contributed by atoms with E-state index in [-0.39, 0.29) is 12.1 Å². The number of anilines is 1. The summed E-state index contributed by atoms with van der Waals surface area (Å²) < 4.78 is 11.1. The standard InChI is InChI=1S/C19H31N3O3/c1-5-24-17-9-8-15(20)11-14(17)12-22-10-6-7-16(13-22)21-18(23)25-19(2,3)4/h8-9,11,16H,5-7,10,12-13,20H2,1-4H3,(H,21,23)/t16-/m0/s1. The first-order chi connectivity index (χ1) is 11.8. The number of likely N-dealkylation sites (tertiary alicyclic amines) is 1. The van der Waals surface area contributed by atoms with Gasteiger partial charge in [-0.1, -0.05) is 0 Å². The largest absolute Gasteiger partial charge is 0.494 e. The van der Waals surface area contributed by atoms with Crippen LogP contribution in [0.3, 0.4) is 0 Å². The van der Waals surface area contributed by atoms with Crippen LogP contribution in [0.4, 0.5) is 10.5 Å². The molecule has 0 saturated carbocycles. The van der Waals surface area contributed by atoms with Crippen molar-refractivity contribution >= 4 is 11.8 Å². The van der Waals surface area contributed by atoms with Crippen molar-refractivity contribution in [2.75, 3.05) is 25.4 Å². The fourth-order valence-corrected chi connectivity index (χ4v) is 3.05. The Labute approximate surface area is 150 Å². The number of benzene rings is 1. The van der Waals surface area contributed by atoms with Crippen molar-refractivity contribution in [2.45, 2.75) is 58.7 Å². The SMILES string of the molecule is CCOc1ccc(N)cc1CN1CCC[C@H](NC(=O)OC(C)(C)C)C1. The number of nitrogens with zero attached hydrogens (tertiary/aromatic N) is 1. The number of nitrogens with one attached hydrogen (secondary N) is 1. The number of amides is 1. The molecule has 0 radical (unpaired) electrons. The third kappa shape index (κ3) is 6.46. The van der Waals surface area contributed by atoms with Crippen LogP contribution >= 0.6 is 0 Å². The third-order valence-electron chi connectivity index (χ3n) is 4.00. The number of nitrogen functional groups attached to an aromatic ring is 1. The maximum Gasteiger partial charge on any atom is 0.407 e. The summed E-state index contributed by atoms with van der Waals surface area (Å²) in [4.78, 5) is 14.3. The predicted molar refractivity (Wildman–Crippen MR) is 99.7 cm³/mol. The minimum Gasteiger partial charge on any atom is -0.494 e. The maximum atomic E-state index is 12.0. The van der Waals surface area contributed by atoms with Crippen LogP contribution in [-0.2, 0) is 11.3 Å². The van der Waals surface area contributed by atoms with Gasteiger partial charge in [0.2, 0.25) is 0 Å². The number of carbonyl (C=O) groups is 1. The first kappa shape index (κ1) is 19.4. The van der Waals surface area contributed by atoms with Crippen LogP contribution < -0.4 is 15.8 Å². The summed E-state index contributed by atoms with van der Waals surface area (Å²) in [6, 6.07) is 5.85. The molecule has 6 heteroatoms. The lowest BCUT2D eigenvalue weighted by Gasteiger charge is -2.34. The van der Waals surface area contributed by atoms with Crippen LogP contribution in [0, 0.1) is 0 Å². The van der Waals surface area contributed by atoms with Crippen LogP contribution in [-0.4, -0.2) is 42.3 Å². The molecule has 3 N–H and O–H groups in total. The Morgan fingerprint density at radius 2 is 2.16 bits per heavy atom. The smallest absolute Gasteiger partial charge is 0.407 e. The molecular weight excluding hydrogens is 318 g/mol. The van der Waals surface area contributed by atoms with Gasteiger partial charge in [0, 0.05) is 30.4 Å². The molecule has 0 unspecified atom stereocenters. The summed E-state index contributed by atoms with van der Waals surface area (Å²) in [6.45, 7) is 10.7. The van der Waals surface area contributed by atoms with E-state index in [9.17, 15) is 4.79 Å². The number of alkyl carbamates (subject to hydrolysis) is 1. The summed E-state index contributed by atoms with van der Waals surface area (Å²) in [7, 11) is 0. The van der Waals surface area contributed by atoms with Crippen LogP contribution in [0.15, 0.2) is 18.2 Å². The Morgan fingerprint density at radius 1 is 1.40 bits per heavy atom. The van der Waals surface area contributed by atoms with Gasteiger partial charge in [0.05, 0.1) is 6.61 Å². The Hall–Kier alpha value is -1.95. The maximum absolute atomic E-state index is 12.0. The summed E-state index contributed by atoms with van der Waals surface area (Å²) in [5.41, 5.74) is 7.27. The third-order valence-corrected chi connectivity index (χ3v) is 4.00. The number of nitrogens with two attached hydrogens (primary N) is 1. The topological polar surface area (TPSA) is 76.8 Å². The molecule has 1 aromatic rings. The molecule has 1 atom stereocenters. The first-order valence-corrected chi connectivity index (χ1v) is 9.00. The van der Waals surface area contributed by atoms with Crippen molar-refractivity contribution in [3.05, 3.63) is 23.8 Å². The predicted octanol–water partition coefficient (Wildman–Crippen LogP) is 3.16. The van der Waals surface area contributed by atoms with Gasteiger partial charge in [0.15, 0.2) is 0 Å². The van der Waals surface area contributed by atoms with Crippen LogP contribution in [0.5, 0.6) is 5.75 Å². The van der Waals surface area contributed by atoms with E-state index in [0.717, 1.165) is 49.5 Å². The van der Waals surface area contributed by atoms with Gasteiger partial charge in [0.1, 0.15) is 11.4 Å². The highest BCUT2D eigenvalue weighted by molar-refractivity contribution is 5.68. The van der Waals surface area contributed by atoms with Gasteiger partial charge < -0.3 is 20.5 Å². The van der Waals surface area contributed by atoms with Crippen LogP contribution in [0.1, 0.15) is 46.1 Å². The average Bonchev–Trinajstić information content (AvgIpc) is 2.48. The lowest BCUT2D eigenvalue weighted by Crippen LogP contribution is -2.48. The molecule has 1 aromatic carbocycles. The molecule has 140 valence electrons. The fourth-order valence-electron chi connectivity index (χ4n) is 3.05. The fraction of sp³-hybridized carbons (Fsp3) is 0.632. The second kappa shape index (κ2) is 8.43. The molecule has 0 aromatic heterocycles. The molecule has 0 bridgehead atoms. The number of carbonyl (C=O) groups excluding carboxylic acids is 1. The van der Waals surface area contributed by atoms with Crippen molar-refractivity contribution in [1.29, 1.82) is 0 Å². The van der Waals surface area contributed by atoms with Crippen molar-refractivity contribution in [3.63, 3.8) is 0 Å². The van der Waals surface area contributed by atoms with E-state index >= 15 is 0 Å². The molecule has 2 rings (SSSR count). The zero-order valence-electron chi connectivity index (χ0n) is 15.8. The number of rotatable bonds is 5. The van der Waals surface area contributed by atoms with Crippen molar-refractivity contribution < 1.29 is 14.3 Å². The van der Waals surface area contributed by atoms with Crippen LogP contribution in [0.25, 0.3) is 0 Å². The molecule has 1 heterocycles. The van der Waals surface area contributed by atoms with E-state index in [4.69, 9.17) is 15.2 Å². The van der Waals surface area contributed by atoms with E-state index in [1.54, 1.807) is 0 Å². The molecule has 1 aliphatic rings. The normalized spacial score (nSPS) is 18.6. The molecule has 0 spiro atoms. The van der Waals surface area contributed by atoms with Gasteiger partial charge in [-0.3, -0.25) is 4.90 Å². The van der Waals surface area contributed by atoms with E-state index in [2.05, 4.69) is 10.2 Å². The van der Waals surface area contributed by atoms with Crippen molar-refractivity contribution in [2.24, 2.45) is 0 Å². The second-order valence-corrected chi connectivity index (χ2v) is 7.52. The summed E-state index contributed by atoms with van der Waals surface area (Å²) >= 11 is 0. The summed E-state index contributed by atoms with van der Waals surface area (Å²) in [6.07, 6.45) is 1.65. The number of piperidine rings is 1. The quantitative estimate of drug-likeness (QED) is 0.799. The Morgan fingerprint density at radius 3 is 2.84 bits per heavy atom. The molecule has 1 fully saturated rings. The Kier molecular flexibility index (Phi) is 6.53. The van der Waals surface area contributed by atoms with E-state index in [1.165, 1.54) is 0 Å². The summed E-state index contributed by atoms with van der Waals surface area (Å²) in [5, 5.41) is 2.98. The second-order valence-electron chi connectivity index (χ2n) is 7.52. The molecule has 1 aliphatic heterocycles. The zero-order valence-corrected chi connectivity index (χ0v) is 15.8. The average molecular weight is 349 g/mol. The number of ether oxygens (including phenoxy) is 2. The monoisotopic (exact) mass is 349 g/mol. The molecule has 25 heavy (non-hydrogen) atoms. The van der Waals surface area contributed by atoms with Crippen molar-refractivity contribution in [1.82, 2.24) is 10.2 Å². The number of hydrogen-bond acceptors (Lipinski definition) is 5. The summed E-state index contributed by atoms with van der Waals surface area (Å²) in [5.74, 6) is 0.874. The van der Waals surface area contributed by atoms with Gasteiger partial charge in [-0.15, -0.1) is 0 Å².